The van der Waals surface area contributed by atoms with Gasteiger partial charge in [0.2, 0.25) is 0 Å². The molecule has 18 heavy (non-hydrogen) atoms. The topological polar surface area (TPSA) is 78.8 Å². The van der Waals surface area contributed by atoms with Gasteiger partial charge in [0.05, 0.1) is 11.8 Å². The second-order valence-electron chi connectivity index (χ2n) is 4.12. The fourth-order valence-electron chi connectivity index (χ4n) is 1.80. The molecule has 6 heteroatoms. The maximum absolute atomic E-state index is 11.2. The zero-order valence-electron chi connectivity index (χ0n) is 9.67. The SMILES string of the molecule is O=C1COc2ccc(C(O)C(O)CCS)cc2N1. The number of rotatable bonds is 4. The van der Waals surface area contributed by atoms with E-state index in [0.717, 1.165) is 0 Å². The van der Waals surface area contributed by atoms with Gasteiger partial charge < -0.3 is 20.3 Å². The minimum absolute atomic E-state index is 0.00280. The van der Waals surface area contributed by atoms with E-state index in [4.69, 9.17) is 4.74 Å². The summed E-state index contributed by atoms with van der Waals surface area (Å²) in [5.41, 5.74) is 1.05. The predicted molar refractivity (Wildman–Crippen MR) is 70.0 cm³/mol. The quantitative estimate of drug-likeness (QED) is 0.608. The molecule has 0 fully saturated rings. The third-order valence-corrected chi connectivity index (χ3v) is 3.03. The maximum Gasteiger partial charge on any atom is 0.262 e. The lowest BCUT2D eigenvalue weighted by Gasteiger charge is -2.22. The lowest BCUT2D eigenvalue weighted by molar-refractivity contribution is -0.118. The number of hydrogen-bond acceptors (Lipinski definition) is 5. The average molecular weight is 269 g/mol. The van der Waals surface area contributed by atoms with E-state index >= 15 is 0 Å². The molecule has 5 nitrogen and oxygen atoms in total. The van der Waals surface area contributed by atoms with Crippen LogP contribution in [-0.2, 0) is 4.79 Å². The van der Waals surface area contributed by atoms with Crippen LogP contribution in [0.4, 0.5) is 5.69 Å². The van der Waals surface area contributed by atoms with Crippen LogP contribution >= 0.6 is 12.6 Å². The molecule has 0 saturated heterocycles. The van der Waals surface area contributed by atoms with Crippen LogP contribution in [0.25, 0.3) is 0 Å². The number of nitrogens with one attached hydrogen (secondary N) is 1. The van der Waals surface area contributed by atoms with Crippen LogP contribution in [0.15, 0.2) is 18.2 Å². The number of aliphatic hydroxyl groups is 2. The first-order valence-corrected chi connectivity index (χ1v) is 6.28. The van der Waals surface area contributed by atoms with Crippen molar-refractivity contribution in [3.8, 4) is 5.75 Å². The highest BCUT2D eigenvalue weighted by Gasteiger charge is 2.21. The Hall–Kier alpha value is -1.24. The lowest BCUT2D eigenvalue weighted by Crippen LogP contribution is -2.26. The van der Waals surface area contributed by atoms with Crippen LogP contribution in [-0.4, -0.2) is 34.6 Å². The molecule has 0 aliphatic carbocycles. The van der Waals surface area contributed by atoms with E-state index in [-0.39, 0.29) is 12.5 Å². The molecule has 2 unspecified atom stereocenters. The molecular weight excluding hydrogens is 254 g/mol. The largest absolute Gasteiger partial charge is 0.482 e. The highest BCUT2D eigenvalue weighted by atomic mass is 32.1. The number of amides is 1. The highest BCUT2D eigenvalue weighted by Crippen LogP contribution is 2.31. The second-order valence-corrected chi connectivity index (χ2v) is 4.56. The van der Waals surface area contributed by atoms with Gasteiger partial charge in [0.25, 0.3) is 5.91 Å². The molecule has 0 radical (unpaired) electrons. The molecule has 0 spiro atoms. The van der Waals surface area contributed by atoms with Gasteiger partial charge in [-0.05, 0) is 29.9 Å². The summed E-state index contributed by atoms with van der Waals surface area (Å²) < 4.78 is 5.21. The monoisotopic (exact) mass is 269 g/mol. The van der Waals surface area contributed by atoms with Crippen molar-refractivity contribution in [3.63, 3.8) is 0 Å². The molecule has 98 valence electrons. The van der Waals surface area contributed by atoms with Crippen LogP contribution in [0.3, 0.4) is 0 Å². The summed E-state index contributed by atoms with van der Waals surface area (Å²) in [5, 5.41) is 22.3. The molecule has 1 aromatic carbocycles. The van der Waals surface area contributed by atoms with Gasteiger partial charge in [-0.2, -0.15) is 12.6 Å². The van der Waals surface area contributed by atoms with Crippen LogP contribution < -0.4 is 10.1 Å². The lowest BCUT2D eigenvalue weighted by atomic mass is 10.0. The number of carbonyl (C=O) groups is 1. The van der Waals surface area contributed by atoms with E-state index in [2.05, 4.69) is 17.9 Å². The third kappa shape index (κ3) is 2.77. The Morgan fingerprint density at radius 2 is 2.22 bits per heavy atom. The molecule has 1 amide bonds. The fraction of sp³-hybridized carbons (Fsp3) is 0.417. The van der Waals surface area contributed by atoms with E-state index in [9.17, 15) is 15.0 Å². The minimum atomic E-state index is -0.999. The molecule has 3 N–H and O–H groups in total. The van der Waals surface area contributed by atoms with E-state index in [0.29, 0.717) is 29.2 Å². The molecular formula is C12H15NO4S. The third-order valence-electron chi connectivity index (χ3n) is 2.77. The highest BCUT2D eigenvalue weighted by molar-refractivity contribution is 7.80. The Kier molecular flexibility index (Phi) is 4.11. The van der Waals surface area contributed by atoms with E-state index in [1.165, 1.54) is 0 Å². The van der Waals surface area contributed by atoms with Crippen molar-refractivity contribution in [2.24, 2.45) is 0 Å². The van der Waals surface area contributed by atoms with E-state index in [1.54, 1.807) is 18.2 Å². The number of carbonyl (C=O) groups excluding carboxylic acids is 1. The molecule has 2 rings (SSSR count). The standard InChI is InChI=1S/C12H15NO4S/c14-9(3-4-18)12(16)7-1-2-10-8(5-7)13-11(15)6-17-10/h1-2,5,9,12,14,16,18H,3-4,6H2,(H,13,15). The van der Waals surface area contributed by atoms with Crippen LogP contribution in [0.5, 0.6) is 5.75 Å². The Bertz CT molecular complexity index is 452. The molecule has 2 atom stereocenters. The Labute approximate surface area is 110 Å². The molecule has 1 aliphatic rings. The fourth-order valence-corrected chi connectivity index (χ4v) is 2.06. The number of anilines is 1. The zero-order valence-corrected chi connectivity index (χ0v) is 10.6. The van der Waals surface area contributed by atoms with Crippen molar-refractivity contribution in [1.29, 1.82) is 0 Å². The Morgan fingerprint density at radius 1 is 1.44 bits per heavy atom. The Morgan fingerprint density at radius 3 is 2.94 bits per heavy atom. The average Bonchev–Trinajstić information content (AvgIpc) is 2.37. The second kappa shape index (κ2) is 5.60. The smallest absolute Gasteiger partial charge is 0.262 e. The summed E-state index contributed by atoms with van der Waals surface area (Å²) in [6.45, 7) is -0.00280. The first-order valence-electron chi connectivity index (χ1n) is 5.65. The van der Waals surface area contributed by atoms with Crippen molar-refractivity contribution in [2.75, 3.05) is 17.7 Å². The van der Waals surface area contributed by atoms with E-state index < -0.39 is 12.2 Å². The molecule has 0 aromatic heterocycles. The van der Waals surface area contributed by atoms with Gasteiger partial charge in [0.15, 0.2) is 6.61 Å². The number of ether oxygens (including phenoxy) is 1. The Balaban J connectivity index is 2.20. The van der Waals surface area contributed by atoms with Crippen molar-refractivity contribution < 1.29 is 19.7 Å². The summed E-state index contributed by atoms with van der Waals surface area (Å²) in [4.78, 5) is 11.2. The van der Waals surface area contributed by atoms with Gasteiger partial charge in [0.1, 0.15) is 11.9 Å². The first-order chi connectivity index (χ1) is 8.61. The van der Waals surface area contributed by atoms with Gasteiger partial charge in [-0.25, -0.2) is 0 Å². The van der Waals surface area contributed by atoms with E-state index in [1.807, 2.05) is 0 Å². The zero-order chi connectivity index (χ0) is 13.1. The maximum atomic E-state index is 11.2. The van der Waals surface area contributed by atoms with Crippen molar-refractivity contribution in [1.82, 2.24) is 0 Å². The summed E-state index contributed by atoms with van der Waals surface area (Å²) in [6.07, 6.45) is -1.48. The predicted octanol–water partition coefficient (Wildman–Crippen LogP) is 0.732. The van der Waals surface area contributed by atoms with Gasteiger partial charge in [0, 0.05) is 0 Å². The number of benzene rings is 1. The molecule has 1 aliphatic heterocycles. The normalized spacial score (nSPS) is 17.4. The molecule has 1 heterocycles. The number of hydrogen-bond donors (Lipinski definition) is 4. The summed E-state index contributed by atoms with van der Waals surface area (Å²) in [6, 6.07) is 4.95. The van der Waals surface area contributed by atoms with Crippen LogP contribution in [0.1, 0.15) is 18.1 Å². The van der Waals surface area contributed by atoms with Gasteiger partial charge in [-0.15, -0.1) is 0 Å². The van der Waals surface area contributed by atoms with Crippen molar-refractivity contribution in [3.05, 3.63) is 23.8 Å². The summed E-state index contributed by atoms with van der Waals surface area (Å²) in [5.74, 6) is 0.822. The van der Waals surface area contributed by atoms with Gasteiger partial charge in [-0.3, -0.25) is 4.79 Å². The minimum Gasteiger partial charge on any atom is -0.482 e. The van der Waals surface area contributed by atoms with Crippen molar-refractivity contribution in [2.45, 2.75) is 18.6 Å². The van der Waals surface area contributed by atoms with Gasteiger partial charge >= 0.3 is 0 Å². The summed E-state index contributed by atoms with van der Waals surface area (Å²) >= 11 is 4.01. The number of aliphatic hydroxyl groups excluding tert-OH is 2. The molecule has 0 bridgehead atoms. The molecule has 1 aromatic rings. The van der Waals surface area contributed by atoms with Crippen LogP contribution in [0.2, 0.25) is 0 Å². The van der Waals surface area contributed by atoms with Gasteiger partial charge in [-0.1, -0.05) is 6.07 Å². The van der Waals surface area contributed by atoms with Crippen molar-refractivity contribution >= 4 is 24.2 Å². The van der Waals surface area contributed by atoms with Crippen LogP contribution in [0, 0.1) is 0 Å². The number of fused-ring (bicyclic) bond motifs is 1. The first kappa shape index (κ1) is 13.2. The molecule has 0 saturated carbocycles. The summed E-state index contributed by atoms with van der Waals surface area (Å²) in [7, 11) is 0. The number of thiol groups is 1.